The Morgan fingerprint density at radius 1 is 0.574 bits per heavy atom. The van der Waals surface area contributed by atoms with E-state index in [-0.39, 0.29) is 24.0 Å². The highest BCUT2D eigenvalue weighted by molar-refractivity contribution is 8.00. The zero-order chi connectivity index (χ0) is 36.5. The van der Waals surface area contributed by atoms with Gasteiger partial charge in [0, 0.05) is 11.2 Å². The Morgan fingerprint density at radius 2 is 1.06 bits per heavy atom. The number of carbonyl (C=O) groups is 1. The summed E-state index contributed by atoms with van der Waals surface area (Å²) in [7, 11) is 0. The molecule has 5 aromatic carbocycles. The maximum absolute atomic E-state index is 14.7. The zero-order valence-corrected chi connectivity index (χ0v) is 31.5. The van der Waals surface area contributed by atoms with Gasteiger partial charge in [-0.15, -0.1) is 11.8 Å². The van der Waals surface area contributed by atoms with E-state index in [1.54, 1.807) is 0 Å². The maximum Gasteiger partial charge on any atom is 0.410 e. The summed E-state index contributed by atoms with van der Waals surface area (Å²) in [5, 5.41) is 0.0804. The fraction of sp³-hybridized carbons (Fsp3) is 0.340. The van der Waals surface area contributed by atoms with E-state index in [0.29, 0.717) is 31.6 Å². The molecule has 2 aliphatic carbocycles. The monoisotopic (exact) mass is 739 g/mol. The Kier molecular flexibility index (Phi) is 12.1. The predicted octanol–water partition coefficient (Wildman–Crippen LogP) is 10.4. The highest BCUT2D eigenvalue weighted by Gasteiger charge is 2.49. The smallest absolute Gasteiger partial charge is 0.410 e. The van der Waals surface area contributed by atoms with Crippen molar-refractivity contribution in [1.82, 2.24) is 4.90 Å². The molecule has 5 aromatic rings. The molecule has 3 aliphatic rings. The number of hydrogen-bond acceptors (Lipinski definition) is 6. The highest BCUT2D eigenvalue weighted by Crippen LogP contribution is 2.45. The Labute approximate surface area is 323 Å². The Bertz CT molecular complexity index is 1890. The van der Waals surface area contributed by atoms with Gasteiger partial charge in [-0.3, -0.25) is 4.90 Å². The van der Waals surface area contributed by atoms with Crippen LogP contribution in [0.1, 0.15) is 65.8 Å². The fourth-order valence-electron chi connectivity index (χ4n) is 8.20. The molecule has 4 atom stereocenters. The van der Waals surface area contributed by atoms with Crippen molar-refractivity contribution >= 4 is 17.9 Å². The summed E-state index contributed by atoms with van der Waals surface area (Å²) in [6.45, 7) is 1.78. The average Bonchev–Trinajstić information content (AvgIpc) is 3.56. The van der Waals surface area contributed by atoms with Crippen LogP contribution in [0.25, 0.3) is 11.1 Å². The number of fused-ring (bicyclic) bond motifs is 3. The van der Waals surface area contributed by atoms with Crippen LogP contribution in [0.5, 0.6) is 0 Å². The lowest BCUT2D eigenvalue weighted by molar-refractivity contribution is -0.186. The first-order valence-corrected chi connectivity index (χ1v) is 20.4. The molecule has 2 fully saturated rings. The van der Waals surface area contributed by atoms with E-state index in [1.807, 2.05) is 71.3 Å². The van der Waals surface area contributed by atoms with Gasteiger partial charge >= 0.3 is 6.09 Å². The van der Waals surface area contributed by atoms with Gasteiger partial charge in [0.05, 0.1) is 26.4 Å². The number of amides is 1. The van der Waals surface area contributed by atoms with Gasteiger partial charge < -0.3 is 18.9 Å². The van der Waals surface area contributed by atoms with Crippen LogP contribution in [-0.4, -0.2) is 53.1 Å². The molecule has 54 heavy (non-hydrogen) atoms. The molecule has 1 saturated heterocycles. The second-order valence-electron chi connectivity index (χ2n) is 14.6. The second kappa shape index (κ2) is 17.8. The zero-order valence-electron chi connectivity index (χ0n) is 30.7. The van der Waals surface area contributed by atoms with Crippen molar-refractivity contribution in [2.75, 3.05) is 13.2 Å². The van der Waals surface area contributed by atoms with Crippen molar-refractivity contribution in [2.24, 2.45) is 0 Å². The molecule has 7 heteroatoms. The van der Waals surface area contributed by atoms with Crippen molar-refractivity contribution in [1.29, 1.82) is 0 Å². The lowest BCUT2D eigenvalue weighted by atomic mass is 9.98. The number of hydrogen-bond donors (Lipinski definition) is 0. The van der Waals surface area contributed by atoms with Crippen LogP contribution in [0.3, 0.4) is 0 Å². The number of nitrogens with zero attached hydrogens (tertiary/aromatic N) is 1. The van der Waals surface area contributed by atoms with Gasteiger partial charge in [-0.25, -0.2) is 4.79 Å². The number of benzene rings is 5. The number of piperidine rings is 1. The van der Waals surface area contributed by atoms with Gasteiger partial charge in [-0.05, 0) is 51.8 Å². The molecule has 8 rings (SSSR count). The first-order valence-electron chi connectivity index (χ1n) is 19.4. The van der Waals surface area contributed by atoms with E-state index >= 15 is 0 Å². The van der Waals surface area contributed by atoms with Gasteiger partial charge in [0.2, 0.25) is 0 Å². The summed E-state index contributed by atoms with van der Waals surface area (Å²) >= 11 is 1.86. The molecule has 0 bridgehead atoms. The van der Waals surface area contributed by atoms with Crippen LogP contribution in [0, 0.1) is 0 Å². The topological polar surface area (TPSA) is 57.2 Å². The quantitative estimate of drug-likeness (QED) is 0.120. The van der Waals surface area contributed by atoms with Gasteiger partial charge in [-0.2, -0.15) is 0 Å². The first kappa shape index (κ1) is 36.6. The molecular formula is C47H49NO5S. The molecule has 0 radical (unpaired) electrons. The third-order valence-corrected chi connectivity index (χ3v) is 12.6. The van der Waals surface area contributed by atoms with Crippen molar-refractivity contribution in [3.8, 4) is 11.1 Å². The Morgan fingerprint density at radius 3 is 1.61 bits per heavy atom. The normalized spacial score (nSPS) is 21.4. The largest absolute Gasteiger partial charge is 0.448 e. The summed E-state index contributed by atoms with van der Waals surface area (Å²) in [6.07, 6.45) is 4.18. The van der Waals surface area contributed by atoms with E-state index in [2.05, 4.69) is 84.9 Å². The molecule has 278 valence electrons. The van der Waals surface area contributed by atoms with Crippen LogP contribution >= 0.6 is 11.8 Å². The van der Waals surface area contributed by atoms with E-state index < -0.39 is 18.3 Å². The lowest BCUT2D eigenvalue weighted by Crippen LogP contribution is -2.64. The van der Waals surface area contributed by atoms with Gasteiger partial charge in [0.1, 0.15) is 30.3 Å². The SMILES string of the molecule is O=C(OCC1c2ccccc2-c2ccccc21)N1C[C@@H](OCc2ccccc2)[C@@H](OCc2ccccc2)[C@H](OCc2ccccc2)[C@H]1SC1CCCCC1. The van der Waals surface area contributed by atoms with Gasteiger partial charge in [0.15, 0.2) is 0 Å². The maximum atomic E-state index is 14.7. The van der Waals surface area contributed by atoms with Gasteiger partial charge in [-0.1, -0.05) is 159 Å². The fourth-order valence-corrected chi connectivity index (χ4v) is 9.90. The van der Waals surface area contributed by atoms with Crippen LogP contribution in [-0.2, 0) is 38.8 Å². The van der Waals surface area contributed by atoms with Gasteiger partial charge in [0.25, 0.3) is 0 Å². The molecule has 1 heterocycles. The highest BCUT2D eigenvalue weighted by atomic mass is 32.2. The minimum atomic E-state index is -0.476. The van der Waals surface area contributed by atoms with Crippen molar-refractivity contribution in [2.45, 2.75) is 86.8 Å². The number of likely N-dealkylation sites (tertiary alicyclic amines) is 1. The summed E-state index contributed by atoms with van der Waals surface area (Å²) < 4.78 is 27.1. The minimum absolute atomic E-state index is 0.0344. The average molecular weight is 740 g/mol. The lowest BCUT2D eigenvalue weighted by Gasteiger charge is -2.48. The van der Waals surface area contributed by atoms with Crippen molar-refractivity contribution in [3.05, 3.63) is 167 Å². The molecule has 6 nitrogen and oxygen atoms in total. The second-order valence-corrected chi connectivity index (χ2v) is 16.0. The number of carbonyl (C=O) groups excluding carboxylic acids is 1. The van der Waals surface area contributed by atoms with E-state index in [0.717, 1.165) is 29.5 Å². The number of thioether (sulfide) groups is 1. The summed E-state index contributed by atoms with van der Waals surface area (Å²) in [4.78, 5) is 16.6. The first-order chi connectivity index (χ1) is 26.7. The molecule has 1 amide bonds. The molecular weight excluding hydrogens is 691 g/mol. The van der Waals surface area contributed by atoms with E-state index in [1.165, 1.54) is 41.5 Å². The predicted molar refractivity (Wildman–Crippen MR) is 215 cm³/mol. The van der Waals surface area contributed by atoms with Crippen LogP contribution in [0.2, 0.25) is 0 Å². The number of rotatable bonds is 13. The van der Waals surface area contributed by atoms with Crippen LogP contribution < -0.4 is 0 Å². The van der Waals surface area contributed by atoms with Crippen LogP contribution in [0.4, 0.5) is 4.79 Å². The summed E-state index contributed by atoms with van der Waals surface area (Å²) in [6, 6.07) is 47.6. The Hall–Kier alpha value is -4.40. The molecule has 0 spiro atoms. The van der Waals surface area contributed by atoms with Crippen LogP contribution in [0.15, 0.2) is 140 Å². The number of ether oxygens (including phenoxy) is 4. The third kappa shape index (κ3) is 8.61. The van der Waals surface area contributed by atoms with Crippen molar-refractivity contribution < 1.29 is 23.7 Å². The molecule has 0 N–H and O–H groups in total. The molecule has 1 aliphatic heterocycles. The summed E-state index contributed by atoms with van der Waals surface area (Å²) in [5.41, 5.74) is 8.02. The summed E-state index contributed by atoms with van der Waals surface area (Å²) in [5.74, 6) is -0.0344. The molecule has 1 saturated carbocycles. The van der Waals surface area contributed by atoms with E-state index in [9.17, 15) is 4.79 Å². The third-order valence-electron chi connectivity index (χ3n) is 11.0. The van der Waals surface area contributed by atoms with E-state index in [4.69, 9.17) is 18.9 Å². The molecule has 0 unspecified atom stereocenters. The standard InChI is InChI=1S/C47H49NO5S/c49-47(53-33-42-40-27-15-13-25-38(40)39-26-14-16-28-41(39)42)48-29-43(50-30-34-17-5-1-6-18-34)44(51-31-35-19-7-2-8-20-35)45(52-32-36-21-9-3-10-22-36)46(48)54-37-23-11-4-12-24-37/h1-3,5-10,13-22,25-28,37,42-46H,4,11-12,23-24,29-33H2/t43-,44-,45+,46-/m1/s1. The van der Waals surface area contributed by atoms with Crippen molar-refractivity contribution in [3.63, 3.8) is 0 Å². The Balaban J connectivity index is 1.11. The molecule has 0 aromatic heterocycles. The minimum Gasteiger partial charge on any atom is -0.448 e.